The number of aliphatic hydroxyl groups is 1. The molecule has 6 rings (SSSR count). The summed E-state index contributed by atoms with van der Waals surface area (Å²) in [5.41, 5.74) is 19.2. The molecule has 96 heavy (non-hydrogen) atoms. The van der Waals surface area contributed by atoms with Gasteiger partial charge in [-0.2, -0.15) is 0 Å². The standard InChI is InChI=1S/C67H91N15O14/c1-4-30-71-55(86)37-51-61(91)80-53(38-83)63(93)76-50(35-43-23-27-45(85)28-24-43)62(92)81-56(39(2)3)65(95)74-46(18-11-29-68)57(87)75-48(34-42-21-25-44(84)26-22-42)60(90)79-52(36-41-16-9-6-10-17-41)66(96)82-32-13-20-54(82)64(94)78-49(33-40-14-7-5-8-15-40)59(89)73-47(58(88)77-51)19-12-31-72-67(69)70/h5-10,14-17,21-28,39,46-54,56,83-85H,4,11-13,18-20,29-38,68H2,1-3H3,(H,71,86)(H,73,89)(H,74,95)(H,75,87)(H,76,93)(H,77,88)(H,78,94)(H,79,90)(H,80,91)(H,81,92)(H4,69,70,72)/t46-,47+,48-,49-,50-,51+,52+,53-,54-,56-/m0/s1. The molecule has 19 N–H and O–H groups in total. The van der Waals surface area contributed by atoms with Crippen molar-refractivity contribution in [1.29, 1.82) is 0 Å². The summed E-state index contributed by atoms with van der Waals surface area (Å²) in [6.07, 6.45) is -0.649. The molecule has 2 aliphatic rings. The molecule has 2 fully saturated rings. The second kappa shape index (κ2) is 37.7. The molecule has 0 aromatic heterocycles. The van der Waals surface area contributed by atoms with Crippen molar-refractivity contribution in [2.75, 3.05) is 32.8 Å². The first-order valence-electron chi connectivity index (χ1n) is 32.3. The van der Waals surface area contributed by atoms with Crippen LogP contribution in [0.25, 0.3) is 0 Å². The lowest BCUT2D eigenvalue weighted by molar-refractivity contribution is -0.142. The highest BCUT2D eigenvalue weighted by molar-refractivity contribution is 6.00. The van der Waals surface area contributed by atoms with Crippen molar-refractivity contribution >= 4 is 70.9 Å². The Bertz CT molecular complexity index is 3320. The first kappa shape index (κ1) is 74.9. The predicted octanol–water partition coefficient (Wildman–Crippen LogP) is -1.91. The second-order valence-electron chi connectivity index (χ2n) is 24.1. The molecule has 2 aliphatic heterocycles. The lowest BCUT2D eigenvalue weighted by Gasteiger charge is -2.31. The summed E-state index contributed by atoms with van der Waals surface area (Å²) in [6, 6.07) is 13.5. The summed E-state index contributed by atoms with van der Waals surface area (Å²) in [6.45, 7) is 4.08. The minimum Gasteiger partial charge on any atom is -0.508 e. The van der Waals surface area contributed by atoms with Gasteiger partial charge in [0.05, 0.1) is 13.0 Å². The Hall–Kier alpha value is -10.2. The lowest BCUT2D eigenvalue weighted by Crippen LogP contribution is -2.62. The van der Waals surface area contributed by atoms with E-state index in [1.54, 1.807) is 81.4 Å². The van der Waals surface area contributed by atoms with Crippen molar-refractivity contribution in [3.8, 4) is 11.5 Å². The number of benzene rings is 4. The maximum atomic E-state index is 15.3. The van der Waals surface area contributed by atoms with E-state index in [0.717, 1.165) is 0 Å². The van der Waals surface area contributed by atoms with Gasteiger partial charge in [-0.25, -0.2) is 0 Å². The maximum absolute atomic E-state index is 15.3. The molecule has 4 aromatic rings. The molecule has 4 aromatic carbocycles. The Morgan fingerprint density at radius 3 is 1.43 bits per heavy atom. The topological polar surface area (TPSA) is 462 Å². The number of rotatable bonds is 21. The summed E-state index contributed by atoms with van der Waals surface area (Å²) in [4.78, 5) is 167. The quantitative estimate of drug-likeness (QED) is 0.0246. The highest BCUT2D eigenvalue weighted by atomic mass is 16.3. The van der Waals surface area contributed by atoms with Gasteiger partial charge in [0.1, 0.15) is 71.9 Å². The van der Waals surface area contributed by atoms with Crippen molar-refractivity contribution in [3.05, 3.63) is 131 Å². The number of fused-ring (bicyclic) bond motifs is 1. The highest BCUT2D eigenvalue weighted by Gasteiger charge is 2.42. The summed E-state index contributed by atoms with van der Waals surface area (Å²) in [5, 5.41) is 57.7. The molecular formula is C67H91N15O14. The van der Waals surface area contributed by atoms with E-state index in [1.807, 2.05) is 0 Å². The first-order chi connectivity index (χ1) is 46.0. The average molecular weight is 1330 g/mol. The zero-order valence-corrected chi connectivity index (χ0v) is 54.2. The van der Waals surface area contributed by atoms with Gasteiger partial charge in [0.15, 0.2) is 5.96 Å². The van der Waals surface area contributed by atoms with Crippen molar-refractivity contribution < 1.29 is 68.1 Å². The Balaban J connectivity index is 1.47. The molecule has 11 amide bonds. The summed E-state index contributed by atoms with van der Waals surface area (Å²) >= 11 is 0. The first-order valence-corrected chi connectivity index (χ1v) is 32.3. The molecule has 10 atom stereocenters. The number of hydrogen-bond acceptors (Lipinski definition) is 16. The van der Waals surface area contributed by atoms with Gasteiger partial charge in [-0.3, -0.25) is 57.7 Å². The van der Waals surface area contributed by atoms with Crippen LogP contribution in [0, 0.1) is 5.92 Å². The van der Waals surface area contributed by atoms with Crippen molar-refractivity contribution in [2.45, 2.75) is 158 Å². The van der Waals surface area contributed by atoms with E-state index in [4.69, 9.17) is 17.2 Å². The van der Waals surface area contributed by atoms with Crippen molar-refractivity contribution in [2.24, 2.45) is 28.1 Å². The summed E-state index contributed by atoms with van der Waals surface area (Å²) < 4.78 is 0. The van der Waals surface area contributed by atoms with Gasteiger partial charge in [0.25, 0.3) is 0 Å². The number of carbonyl (C=O) groups is 11. The smallest absolute Gasteiger partial charge is 0.246 e. The van der Waals surface area contributed by atoms with Gasteiger partial charge in [-0.1, -0.05) is 106 Å². The van der Waals surface area contributed by atoms with E-state index in [0.29, 0.717) is 35.1 Å². The molecule has 0 bridgehead atoms. The fraction of sp³-hybridized carbons (Fsp3) is 0.463. The van der Waals surface area contributed by atoms with Gasteiger partial charge in [0.2, 0.25) is 65.0 Å². The number of aromatic hydroxyl groups is 2. The zero-order valence-electron chi connectivity index (χ0n) is 54.2. The van der Waals surface area contributed by atoms with Gasteiger partial charge in [-0.05, 0) is 104 Å². The third-order valence-electron chi connectivity index (χ3n) is 16.2. The number of aliphatic hydroxyl groups excluding tert-OH is 1. The van der Waals surface area contributed by atoms with E-state index < -0.39 is 144 Å². The molecule has 0 radical (unpaired) electrons. The van der Waals surface area contributed by atoms with Crippen LogP contribution >= 0.6 is 0 Å². The summed E-state index contributed by atoms with van der Waals surface area (Å²) in [7, 11) is 0. The van der Waals surface area contributed by atoms with Crippen molar-refractivity contribution in [3.63, 3.8) is 0 Å². The Labute approximate surface area is 557 Å². The number of nitrogens with two attached hydrogens (primary N) is 3. The van der Waals surface area contributed by atoms with Crippen molar-refractivity contribution in [1.82, 2.24) is 58.1 Å². The van der Waals surface area contributed by atoms with E-state index in [1.165, 1.54) is 53.4 Å². The number of phenols is 2. The van der Waals surface area contributed by atoms with Gasteiger partial charge < -0.3 is 90.6 Å². The van der Waals surface area contributed by atoms with Crippen LogP contribution < -0.4 is 70.4 Å². The molecule has 29 heteroatoms. The lowest BCUT2D eigenvalue weighted by atomic mass is 9.99. The normalized spacial score (nSPS) is 23.3. The molecule has 518 valence electrons. The maximum Gasteiger partial charge on any atom is 0.246 e. The molecule has 0 unspecified atom stereocenters. The van der Waals surface area contributed by atoms with Crippen LogP contribution in [0.15, 0.2) is 114 Å². The second-order valence-corrected chi connectivity index (χ2v) is 24.1. The third-order valence-corrected chi connectivity index (χ3v) is 16.2. The van der Waals surface area contributed by atoms with E-state index in [9.17, 15) is 58.5 Å². The number of amides is 11. The van der Waals surface area contributed by atoms with Gasteiger partial charge in [0, 0.05) is 45.3 Å². The SMILES string of the molecule is CCCNC(=O)C[C@H]1NC(=O)[C@@H](CCCN=C(N)N)NC(=O)[C@H](Cc2ccccc2)NC(=O)[C@@H]2CCCN2C(=O)[C@@H](Cc2ccccc2)NC(=O)[C@H](Cc2ccc(O)cc2)NC(=O)[C@H](CCCN)NC(=O)[C@H](C(C)C)NC(=O)[C@H](Cc2ccc(O)cc2)NC(=O)[C@H](CO)NC1=O. The van der Waals surface area contributed by atoms with Gasteiger partial charge in [-0.15, -0.1) is 0 Å². The number of aliphatic imine (C=N–C) groups is 1. The van der Waals surface area contributed by atoms with Crippen LogP contribution in [0.5, 0.6) is 11.5 Å². The fourth-order valence-electron chi connectivity index (χ4n) is 11.0. The largest absolute Gasteiger partial charge is 0.508 e. The average Bonchev–Trinajstić information content (AvgIpc) is 1.51. The van der Waals surface area contributed by atoms with Crippen LogP contribution in [0.4, 0.5) is 0 Å². The van der Waals surface area contributed by atoms with Crippen LogP contribution in [0.1, 0.15) is 94.4 Å². The molecule has 2 heterocycles. The number of carbonyl (C=O) groups excluding carboxylic acids is 11. The molecule has 2 saturated heterocycles. The molecular weight excluding hydrogens is 1240 g/mol. The number of nitrogens with one attached hydrogen (secondary N) is 10. The predicted molar refractivity (Wildman–Crippen MR) is 354 cm³/mol. The van der Waals surface area contributed by atoms with Crippen LogP contribution in [0.2, 0.25) is 0 Å². The Morgan fingerprint density at radius 2 is 0.938 bits per heavy atom. The van der Waals surface area contributed by atoms with E-state index >= 15 is 9.59 Å². The zero-order chi connectivity index (χ0) is 69.8. The number of nitrogens with zero attached hydrogens (tertiary/aromatic N) is 2. The van der Waals surface area contributed by atoms with Crippen LogP contribution in [-0.2, 0) is 78.4 Å². The number of phenolic OH excluding ortho intramolecular Hbond substituents is 2. The molecule has 0 spiro atoms. The minimum absolute atomic E-state index is 0.0354. The Kier molecular flexibility index (Phi) is 29.4. The number of guanidine groups is 1. The fourth-order valence-corrected chi connectivity index (χ4v) is 11.0. The monoisotopic (exact) mass is 1330 g/mol. The Morgan fingerprint density at radius 1 is 0.531 bits per heavy atom. The molecule has 0 saturated carbocycles. The molecule has 29 nitrogen and oxygen atoms in total. The van der Waals surface area contributed by atoms with Crippen LogP contribution in [-0.4, -0.2) is 184 Å². The van der Waals surface area contributed by atoms with E-state index in [-0.39, 0.29) is 101 Å². The van der Waals surface area contributed by atoms with Gasteiger partial charge >= 0.3 is 0 Å². The summed E-state index contributed by atoms with van der Waals surface area (Å²) in [5.74, 6) is -11.2. The van der Waals surface area contributed by atoms with E-state index in [2.05, 4.69) is 58.2 Å². The number of hydrogen-bond donors (Lipinski definition) is 16. The third kappa shape index (κ3) is 23.4. The highest BCUT2D eigenvalue weighted by Crippen LogP contribution is 2.22. The minimum atomic E-state index is -1.88. The van der Waals surface area contributed by atoms with Crippen LogP contribution in [0.3, 0.4) is 0 Å². The molecule has 0 aliphatic carbocycles.